The topological polar surface area (TPSA) is 38.3 Å². The first-order chi connectivity index (χ1) is 10.6. The minimum atomic E-state index is -1.83. The van der Waals surface area contributed by atoms with Gasteiger partial charge in [-0.2, -0.15) is 0 Å². The summed E-state index contributed by atoms with van der Waals surface area (Å²) in [5, 5.41) is 4.32. The van der Waals surface area contributed by atoms with Gasteiger partial charge in [-0.05, 0) is 0 Å². The molecule has 0 unspecified atom stereocenters. The SMILES string of the molecule is C[C@@H](O[Si](C)(C)C(C)(C)C)[C@H]1C(=O)N[C@@H]1[Se]Cc1ccccc1. The number of nitrogens with one attached hydrogen (secondary N) is 1. The maximum absolute atomic E-state index is 12.1. The van der Waals surface area contributed by atoms with Crippen LogP contribution in [0.5, 0.6) is 0 Å². The molecule has 1 aromatic carbocycles. The van der Waals surface area contributed by atoms with E-state index in [4.69, 9.17) is 4.43 Å². The van der Waals surface area contributed by atoms with Gasteiger partial charge >= 0.3 is 148 Å². The fourth-order valence-corrected chi connectivity index (χ4v) is 6.64. The molecule has 128 valence electrons. The van der Waals surface area contributed by atoms with Gasteiger partial charge in [-0.25, -0.2) is 0 Å². The Balaban J connectivity index is 1.93. The second kappa shape index (κ2) is 7.10. The quantitative estimate of drug-likeness (QED) is 0.589. The molecule has 1 N–H and O–H groups in total. The number of rotatable bonds is 6. The molecule has 0 aromatic heterocycles. The Morgan fingerprint density at radius 3 is 2.39 bits per heavy atom. The van der Waals surface area contributed by atoms with E-state index in [1.54, 1.807) is 0 Å². The molecule has 1 aliphatic rings. The zero-order chi connectivity index (χ0) is 17.3. The van der Waals surface area contributed by atoms with Crippen molar-refractivity contribution in [1.82, 2.24) is 5.32 Å². The molecule has 0 saturated carbocycles. The Kier molecular flexibility index (Phi) is 5.78. The maximum atomic E-state index is 12.1. The van der Waals surface area contributed by atoms with Crippen molar-refractivity contribution in [3.05, 3.63) is 35.9 Å². The van der Waals surface area contributed by atoms with Gasteiger partial charge in [0.2, 0.25) is 0 Å². The van der Waals surface area contributed by atoms with Gasteiger partial charge in [0.15, 0.2) is 0 Å². The van der Waals surface area contributed by atoms with Crippen LogP contribution in [0.25, 0.3) is 0 Å². The van der Waals surface area contributed by atoms with Gasteiger partial charge in [0, 0.05) is 0 Å². The van der Waals surface area contributed by atoms with Crippen LogP contribution in [0, 0.1) is 5.92 Å². The normalized spacial score (nSPS) is 23.1. The third kappa shape index (κ3) is 4.47. The van der Waals surface area contributed by atoms with Gasteiger partial charge < -0.3 is 0 Å². The summed E-state index contributed by atoms with van der Waals surface area (Å²) in [6.07, 6.45) is 0.00675. The Bertz CT molecular complexity index is 542. The van der Waals surface area contributed by atoms with E-state index < -0.39 is 8.32 Å². The predicted molar refractivity (Wildman–Crippen MR) is 99.1 cm³/mol. The zero-order valence-corrected chi connectivity index (χ0v) is 17.8. The second-order valence-corrected chi connectivity index (χ2v) is 15.0. The molecule has 3 nitrogen and oxygen atoms in total. The molecule has 23 heavy (non-hydrogen) atoms. The summed E-state index contributed by atoms with van der Waals surface area (Å²) in [7, 11) is -1.83. The van der Waals surface area contributed by atoms with Crippen molar-refractivity contribution in [3.63, 3.8) is 0 Å². The molecule has 1 aliphatic heterocycles. The van der Waals surface area contributed by atoms with E-state index in [0.29, 0.717) is 19.9 Å². The first-order valence-electron chi connectivity index (χ1n) is 8.25. The summed E-state index contributed by atoms with van der Waals surface area (Å²) in [5.41, 5.74) is 1.35. The molecule has 0 bridgehead atoms. The van der Waals surface area contributed by atoms with Crippen molar-refractivity contribution in [2.45, 2.75) is 62.2 Å². The summed E-state index contributed by atoms with van der Waals surface area (Å²) in [6, 6.07) is 10.5. The molecule has 5 heteroatoms. The third-order valence-electron chi connectivity index (χ3n) is 4.98. The summed E-state index contributed by atoms with van der Waals surface area (Å²) in [4.78, 5) is 12.4. The molecule has 1 amide bonds. The van der Waals surface area contributed by atoms with Crippen LogP contribution in [0.2, 0.25) is 18.1 Å². The van der Waals surface area contributed by atoms with Crippen LogP contribution in [0.4, 0.5) is 0 Å². The Morgan fingerprint density at radius 2 is 1.87 bits per heavy atom. The fraction of sp³-hybridized carbons (Fsp3) is 0.611. The average molecular weight is 398 g/mol. The zero-order valence-electron chi connectivity index (χ0n) is 15.1. The Morgan fingerprint density at radius 1 is 1.26 bits per heavy atom. The molecule has 1 saturated heterocycles. The number of amides is 1. The third-order valence-corrected chi connectivity index (χ3v) is 12.2. The van der Waals surface area contributed by atoms with Crippen molar-refractivity contribution in [2.75, 3.05) is 0 Å². The van der Waals surface area contributed by atoms with E-state index in [1.165, 1.54) is 5.56 Å². The second-order valence-electron chi connectivity index (χ2n) is 7.83. The van der Waals surface area contributed by atoms with Crippen LogP contribution >= 0.6 is 0 Å². The molecular formula is C18H29NO2SeSi. The fourth-order valence-electron chi connectivity index (χ4n) is 2.45. The first kappa shape index (κ1) is 18.7. The number of benzene rings is 1. The van der Waals surface area contributed by atoms with Crippen molar-refractivity contribution >= 4 is 29.2 Å². The standard InChI is InChI=1S/C18H29NO2SeSi/c1-13(21-23(5,6)18(2,3)4)15-16(20)19-17(15)22-12-14-10-8-7-9-11-14/h7-11,13,15,17H,12H2,1-6H3,(H,19,20)/t13-,15+,17-/m1/s1. The molecule has 3 atom stereocenters. The molecule has 0 aliphatic carbocycles. The van der Waals surface area contributed by atoms with E-state index >= 15 is 0 Å². The number of carbonyl (C=O) groups excluding carboxylic acids is 1. The Hall–Kier alpha value is -0.614. The molecule has 1 aromatic rings. The van der Waals surface area contributed by atoms with Crippen LogP contribution in [0.15, 0.2) is 30.3 Å². The average Bonchev–Trinajstić information content (AvgIpc) is 2.42. The molecular weight excluding hydrogens is 369 g/mol. The molecule has 2 rings (SSSR count). The summed E-state index contributed by atoms with van der Waals surface area (Å²) < 4.78 is 6.45. The number of carbonyl (C=O) groups is 1. The van der Waals surface area contributed by atoms with Crippen molar-refractivity contribution in [2.24, 2.45) is 5.92 Å². The minimum absolute atomic E-state index is 0.00675. The van der Waals surface area contributed by atoms with E-state index in [9.17, 15) is 4.79 Å². The summed E-state index contributed by atoms with van der Waals surface area (Å²) in [6.45, 7) is 13.3. The van der Waals surface area contributed by atoms with Gasteiger partial charge in [-0.3, -0.25) is 0 Å². The monoisotopic (exact) mass is 399 g/mol. The molecule has 0 spiro atoms. The summed E-state index contributed by atoms with van der Waals surface area (Å²) in [5.74, 6) is 0.184. The predicted octanol–water partition coefficient (Wildman–Crippen LogP) is 3.37. The van der Waals surface area contributed by atoms with Crippen LogP contribution in [0.1, 0.15) is 33.3 Å². The Labute approximate surface area is 147 Å². The van der Waals surface area contributed by atoms with E-state index in [0.717, 1.165) is 5.32 Å². The van der Waals surface area contributed by atoms with E-state index in [-0.39, 0.29) is 23.0 Å². The van der Waals surface area contributed by atoms with Gasteiger partial charge in [0.1, 0.15) is 0 Å². The first-order valence-corrected chi connectivity index (χ1v) is 13.4. The number of hydrogen-bond donors (Lipinski definition) is 1. The van der Waals surface area contributed by atoms with Crippen LogP contribution < -0.4 is 5.32 Å². The summed E-state index contributed by atoms with van der Waals surface area (Å²) >= 11 is 0.366. The van der Waals surface area contributed by atoms with Gasteiger partial charge in [0.25, 0.3) is 0 Å². The number of hydrogen-bond acceptors (Lipinski definition) is 2. The number of β-lactam (4-membered cyclic amide) rings is 1. The van der Waals surface area contributed by atoms with E-state index in [2.05, 4.69) is 70.4 Å². The van der Waals surface area contributed by atoms with E-state index in [1.807, 2.05) is 6.07 Å². The van der Waals surface area contributed by atoms with Crippen molar-refractivity contribution in [3.8, 4) is 0 Å². The molecule has 1 fully saturated rings. The van der Waals surface area contributed by atoms with Gasteiger partial charge in [-0.1, -0.05) is 0 Å². The van der Waals surface area contributed by atoms with Crippen molar-refractivity contribution in [1.29, 1.82) is 0 Å². The van der Waals surface area contributed by atoms with Crippen LogP contribution in [0.3, 0.4) is 0 Å². The van der Waals surface area contributed by atoms with Gasteiger partial charge in [-0.15, -0.1) is 0 Å². The molecule has 0 radical (unpaired) electrons. The van der Waals surface area contributed by atoms with Crippen molar-refractivity contribution < 1.29 is 9.22 Å². The van der Waals surface area contributed by atoms with Gasteiger partial charge in [0.05, 0.1) is 0 Å². The van der Waals surface area contributed by atoms with Crippen LogP contribution in [-0.2, 0) is 14.5 Å². The molecule has 1 heterocycles. The van der Waals surface area contributed by atoms with Crippen LogP contribution in [-0.4, -0.2) is 40.2 Å².